The Morgan fingerprint density at radius 1 is 1.24 bits per heavy atom. The fourth-order valence-electron chi connectivity index (χ4n) is 1.16. The molecule has 0 radical (unpaired) electrons. The van der Waals surface area contributed by atoms with Crippen LogP contribution in [-0.4, -0.2) is 40.6 Å². The van der Waals surface area contributed by atoms with Gasteiger partial charge in [0.05, 0.1) is 7.11 Å². The number of anilines is 2. The minimum atomic E-state index is 0.236. The number of nitrogens with one attached hydrogen (secondary N) is 2. The highest BCUT2D eigenvalue weighted by Gasteiger charge is 2.04. The van der Waals surface area contributed by atoms with Crippen molar-refractivity contribution in [3.63, 3.8) is 0 Å². The van der Waals surface area contributed by atoms with E-state index in [0.717, 1.165) is 18.7 Å². The number of nitrogen functional groups attached to an aromatic ring is 1. The van der Waals surface area contributed by atoms with E-state index in [1.807, 2.05) is 11.8 Å². The first-order chi connectivity index (χ1) is 8.30. The normalized spacial score (nSPS) is 10.1. The maximum absolute atomic E-state index is 5.25. The van der Waals surface area contributed by atoms with Crippen molar-refractivity contribution in [2.24, 2.45) is 5.84 Å². The van der Waals surface area contributed by atoms with Crippen molar-refractivity contribution >= 4 is 23.7 Å². The highest BCUT2D eigenvalue weighted by molar-refractivity contribution is 7.98. The van der Waals surface area contributed by atoms with Gasteiger partial charge in [0, 0.05) is 6.54 Å². The number of hydrogen-bond acceptors (Lipinski definition) is 8. The molecular weight excluding hydrogens is 240 g/mol. The van der Waals surface area contributed by atoms with Crippen LogP contribution >= 0.6 is 11.8 Å². The topological polar surface area (TPSA) is 98.0 Å². The van der Waals surface area contributed by atoms with Crippen LogP contribution in [0.3, 0.4) is 0 Å². The van der Waals surface area contributed by atoms with Crippen molar-refractivity contribution < 1.29 is 4.74 Å². The first-order valence-corrected chi connectivity index (χ1v) is 6.69. The molecule has 1 rings (SSSR count). The first-order valence-electron chi connectivity index (χ1n) is 5.29. The van der Waals surface area contributed by atoms with Crippen LogP contribution < -0.4 is 21.3 Å². The molecule has 0 saturated carbocycles. The van der Waals surface area contributed by atoms with Crippen LogP contribution in [0.25, 0.3) is 0 Å². The van der Waals surface area contributed by atoms with Crippen LogP contribution in [0.1, 0.15) is 12.8 Å². The fraction of sp³-hybridized carbons (Fsp3) is 0.667. The molecule has 1 heterocycles. The summed E-state index contributed by atoms with van der Waals surface area (Å²) < 4.78 is 4.94. The number of hydrogen-bond donors (Lipinski definition) is 3. The van der Waals surface area contributed by atoms with Gasteiger partial charge in [-0.2, -0.15) is 26.7 Å². The van der Waals surface area contributed by atoms with Gasteiger partial charge in [-0.3, -0.25) is 5.43 Å². The highest BCUT2D eigenvalue weighted by Crippen LogP contribution is 2.09. The molecule has 0 aromatic carbocycles. The standard InChI is InChI=1S/C9H18N6OS/c1-16-9-13-7(12-8(14-9)15-10)11-5-3-4-6-17-2/h3-6,10H2,1-2H3,(H2,11,12,13,14,15). The maximum atomic E-state index is 5.25. The molecule has 0 atom stereocenters. The Bertz CT molecular complexity index is 315. The van der Waals surface area contributed by atoms with Gasteiger partial charge in [0.25, 0.3) is 0 Å². The summed E-state index contributed by atoms with van der Waals surface area (Å²) in [6.07, 6.45) is 4.34. The Labute approximate surface area is 105 Å². The summed E-state index contributed by atoms with van der Waals surface area (Å²) in [6.45, 7) is 0.817. The van der Waals surface area contributed by atoms with Crippen LogP contribution in [0.4, 0.5) is 11.9 Å². The molecular formula is C9H18N6OS. The zero-order valence-electron chi connectivity index (χ0n) is 10.1. The molecule has 7 nitrogen and oxygen atoms in total. The average Bonchev–Trinajstić information content (AvgIpc) is 2.38. The number of methoxy groups -OCH3 is 1. The summed E-state index contributed by atoms with van der Waals surface area (Å²) in [5.41, 5.74) is 2.37. The van der Waals surface area contributed by atoms with E-state index >= 15 is 0 Å². The van der Waals surface area contributed by atoms with Gasteiger partial charge in [-0.25, -0.2) is 5.84 Å². The number of nitrogens with two attached hydrogens (primary N) is 1. The molecule has 0 amide bonds. The number of ether oxygens (including phenoxy) is 1. The molecule has 17 heavy (non-hydrogen) atoms. The van der Waals surface area contributed by atoms with Gasteiger partial charge in [0.2, 0.25) is 11.9 Å². The predicted molar refractivity (Wildman–Crippen MR) is 70.3 cm³/mol. The van der Waals surface area contributed by atoms with Crippen LogP contribution in [0.15, 0.2) is 0 Å². The Kier molecular flexibility index (Phi) is 6.41. The Balaban J connectivity index is 2.46. The maximum Gasteiger partial charge on any atom is 0.322 e. The van der Waals surface area contributed by atoms with Gasteiger partial charge < -0.3 is 10.1 Å². The van der Waals surface area contributed by atoms with E-state index in [1.54, 1.807) is 0 Å². The summed E-state index contributed by atoms with van der Waals surface area (Å²) >= 11 is 1.84. The smallest absolute Gasteiger partial charge is 0.322 e. The summed E-state index contributed by atoms with van der Waals surface area (Å²) in [7, 11) is 1.50. The number of rotatable bonds is 8. The molecule has 0 aliphatic heterocycles. The van der Waals surface area contributed by atoms with Gasteiger partial charge in [-0.05, 0) is 24.9 Å². The van der Waals surface area contributed by atoms with Crippen LogP contribution in [0.2, 0.25) is 0 Å². The van der Waals surface area contributed by atoms with Crippen molar-refractivity contribution in [2.75, 3.05) is 36.4 Å². The van der Waals surface area contributed by atoms with Crippen molar-refractivity contribution in [2.45, 2.75) is 12.8 Å². The summed E-state index contributed by atoms with van der Waals surface area (Å²) in [5.74, 6) is 7.16. The average molecular weight is 258 g/mol. The third-order valence-electron chi connectivity index (χ3n) is 1.98. The molecule has 0 aliphatic rings. The molecule has 0 bridgehead atoms. The predicted octanol–water partition coefficient (Wildman–Crippen LogP) is 0.721. The van der Waals surface area contributed by atoms with Crippen LogP contribution in [0.5, 0.6) is 6.01 Å². The van der Waals surface area contributed by atoms with Crippen molar-refractivity contribution in [3.05, 3.63) is 0 Å². The van der Waals surface area contributed by atoms with E-state index in [1.165, 1.54) is 13.5 Å². The number of nitrogens with zero attached hydrogens (tertiary/aromatic N) is 3. The molecule has 96 valence electrons. The lowest BCUT2D eigenvalue weighted by molar-refractivity contribution is 0.379. The molecule has 1 aromatic rings. The lowest BCUT2D eigenvalue weighted by Gasteiger charge is -2.07. The van der Waals surface area contributed by atoms with Gasteiger partial charge in [0.15, 0.2) is 0 Å². The molecule has 0 aliphatic carbocycles. The number of hydrazine groups is 1. The van der Waals surface area contributed by atoms with Gasteiger partial charge in [-0.1, -0.05) is 0 Å². The monoisotopic (exact) mass is 258 g/mol. The summed E-state index contributed by atoms with van der Waals surface area (Å²) in [4.78, 5) is 12.0. The van der Waals surface area contributed by atoms with Crippen molar-refractivity contribution in [1.82, 2.24) is 15.0 Å². The second-order valence-corrected chi connectivity index (χ2v) is 4.23. The second kappa shape index (κ2) is 7.91. The van der Waals surface area contributed by atoms with E-state index in [0.29, 0.717) is 5.95 Å². The Hall–Kier alpha value is -1.28. The summed E-state index contributed by atoms with van der Waals surface area (Å²) in [5, 5.41) is 3.11. The Morgan fingerprint density at radius 2 is 2.00 bits per heavy atom. The van der Waals surface area contributed by atoms with E-state index in [-0.39, 0.29) is 12.0 Å². The number of aromatic nitrogens is 3. The van der Waals surface area contributed by atoms with Crippen LogP contribution in [0, 0.1) is 0 Å². The first kappa shape index (κ1) is 13.8. The lowest BCUT2D eigenvalue weighted by atomic mass is 10.3. The number of unbranched alkanes of at least 4 members (excludes halogenated alkanes) is 1. The Morgan fingerprint density at radius 3 is 2.65 bits per heavy atom. The van der Waals surface area contributed by atoms with E-state index < -0.39 is 0 Å². The quantitative estimate of drug-likeness (QED) is 0.356. The van der Waals surface area contributed by atoms with Gasteiger partial charge in [0.1, 0.15) is 0 Å². The minimum Gasteiger partial charge on any atom is -0.467 e. The molecule has 1 aromatic heterocycles. The van der Waals surface area contributed by atoms with Crippen LogP contribution in [-0.2, 0) is 0 Å². The highest BCUT2D eigenvalue weighted by atomic mass is 32.2. The lowest BCUT2D eigenvalue weighted by Crippen LogP contribution is -2.14. The van der Waals surface area contributed by atoms with E-state index in [2.05, 4.69) is 32.0 Å². The molecule has 0 saturated heterocycles. The molecule has 8 heteroatoms. The number of thioether (sulfide) groups is 1. The molecule has 0 spiro atoms. The SMILES string of the molecule is COc1nc(NN)nc(NCCCCSC)n1. The van der Waals surface area contributed by atoms with Gasteiger partial charge in [-0.15, -0.1) is 0 Å². The summed E-state index contributed by atoms with van der Waals surface area (Å²) in [6, 6.07) is 0.236. The van der Waals surface area contributed by atoms with Crippen molar-refractivity contribution in [3.8, 4) is 6.01 Å². The van der Waals surface area contributed by atoms with E-state index in [4.69, 9.17) is 10.6 Å². The second-order valence-electron chi connectivity index (χ2n) is 3.24. The third kappa shape index (κ3) is 5.05. The zero-order chi connectivity index (χ0) is 12.5. The van der Waals surface area contributed by atoms with Gasteiger partial charge >= 0.3 is 6.01 Å². The molecule has 0 unspecified atom stereocenters. The van der Waals surface area contributed by atoms with Crippen molar-refractivity contribution in [1.29, 1.82) is 0 Å². The molecule has 0 fully saturated rings. The largest absolute Gasteiger partial charge is 0.467 e. The third-order valence-corrected chi connectivity index (χ3v) is 2.68. The molecule has 4 N–H and O–H groups in total. The van der Waals surface area contributed by atoms with E-state index in [9.17, 15) is 0 Å². The fourth-order valence-corrected chi connectivity index (χ4v) is 1.66. The minimum absolute atomic E-state index is 0.236. The zero-order valence-corrected chi connectivity index (χ0v) is 10.9.